The van der Waals surface area contributed by atoms with E-state index >= 15 is 0 Å². The molecule has 5 amide bonds. The third-order valence-corrected chi connectivity index (χ3v) is 10.4. The summed E-state index contributed by atoms with van der Waals surface area (Å²) in [5, 5.41) is 9.67. The number of nitrogens with zero attached hydrogens (tertiary/aromatic N) is 5. The highest BCUT2D eigenvalue weighted by Gasteiger charge is 2.37. The van der Waals surface area contributed by atoms with Crippen molar-refractivity contribution in [1.29, 1.82) is 0 Å². The number of nitrogens with one attached hydrogen (secondary N) is 2. The first-order valence-corrected chi connectivity index (χ1v) is 17.0. The number of hydrogen-bond donors (Lipinski definition) is 3. The number of halogens is 4. The second-order valence-corrected chi connectivity index (χ2v) is 13.4. The highest BCUT2D eigenvalue weighted by Crippen LogP contribution is 2.38. The van der Waals surface area contributed by atoms with Gasteiger partial charge >= 0.3 is 18.2 Å². The van der Waals surface area contributed by atoms with E-state index < -0.39 is 29.5 Å². The summed E-state index contributed by atoms with van der Waals surface area (Å²) in [5.74, 6) is -0.374. The number of nitrogen functional groups attached to an aromatic ring is 1. The van der Waals surface area contributed by atoms with E-state index in [9.17, 15) is 27.6 Å². The molecule has 1 atom stereocenters. The number of aromatic nitrogens is 1. The second-order valence-electron chi connectivity index (χ2n) is 11.8. The Morgan fingerprint density at radius 3 is 2.45 bits per heavy atom. The molecule has 3 aromatic rings. The summed E-state index contributed by atoms with van der Waals surface area (Å²) in [6, 6.07) is 4.33. The number of carbonyl (C=O) groups excluding carboxylic acids is 3. The van der Waals surface area contributed by atoms with Crippen LogP contribution in [0.15, 0.2) is 51.9 Å². The zero-order valence-corrected chi connectivity index (χ0v) is 27.7. The summed E-state index contributed by atoms with van der Waals surface area (Å²) in [6.45, 7) is 3.06. The fraction of sp³-hybridized carbons (Fsp3) is 0.419. The number of piperazine rings is 1. The summed E-state index contributed by atoms with van der Waals surface area (Å²) in [4.78, 5) is 51.4. The summed E-state index contributed by atoms with van der Waals surface area (Å²) >= 11 is 4.66. The molecule has 5 heterocycles. The van der Waals surface area contributed by atoms with Gasteiger partial charge in [0.25, 0.3) is 0 Å². The molecule has 16 heteroatoms. The summed E-state index contributed by atoms with van der Waals surface area (Å²) in [5.41, 5.74) is 7.34. The summed E-state index contributed by atoms with van der Waals surface area (Å²) in [6.07, 6.45) is -0.366. The van der Waals surface area contributed by atoms with Crippen LogP contribution in [0.2, 0.25) is 0 Å². The van der Waals surface area contributed by atoms with Crippen molar-refractivity contribution in [2.24, 2.45) is 0 Å². The average molecular weight is 736 g/mol. The minimum atomic E-state index is -4.70. The van der Waals surface area contributed by atoms with Gasteiger partial charge in [0.15, 0.2) is 0 Å². The minimum absolute atomic E-state index is 0.0595. The first kappa shape index (κ1) is 32.9. The van der Waals surface area contributed by atoms with Crippen molar-refractivity contribution in [3.8, 4) is 0 Å². The number of thiophene rings is 1. The predicted molar refractivity (Wildman–Crippen MR) is 176 cm³/mol. The maximum atomic E-state index is 13.9. The standard InChI is InChI=1S/C31H34BrF3N8O3S/c32-24-14-19(13-23(27(24)36)31(33,34)35)15-25(28(44)41-11-9-40(10-12-41)21-1-5-37-6-2-21)38-29(45)42-7-3-22(4-8-42)43-16-20-17-47-18-26(20)39-30(43)46/h1-2,5-6,13-14,17-18,22,25H,3-4,7-12,15-16,36H2,(H,38,45)(H,39,46)/t25-/m1/s1. The molecular weight excluding hydrogens is 701 g/mol. The maximum Gasteiger partial charge on any atom is 0.418 e. The van der Waals surface area contributed by atoms with Gasteiger partial charge in [0, 0.05) is 85.2 Å². The third-order valence-electron chi connectivity index (χ3n) is 8.93. The number of carbonyl (C=O) groups is 3. The Balaban J connectivity index is 1.15. The Morgan fingerprint density at radius 2 is 1.77 bits per heavy atom. The van der Waals surface area contributed by atoms with Gasteiger partial charge in [-0.3, -0.25) is 9.78 Å². The van der Waals surface area contributed by atoms with Crippen LogP contribution >= 0.6 is 27.3 Å². The number of nitrogens with two attached hydrogens (primary N) is 1. The Morgan fingerprint density at radius 1 is 1.06 bits per heavy atom. The molecule has 3 aliphatic rings. The van der Waals surface area contributed by atoms with Crippen molar-refractivity contribution in [3.05, 3.63) is 68.6 Å². The minimum Gasteiger partial charge on any atom is -0.397 e. The molecule has 0 saturated carbocycles. The van der Waals surface area contributed by atoms with Gasteiger partial charge < -0.3 is 36.0 Å². The number of fused-ring (bicyclic) bond motifs is 1. The molecule has 6 rings (SSSR count). The van der Waals surface area contributed by atoms with E-state index in [-0.39, 0.29) is 34.4 Å². The van der Waals surface area contributed by atoms with E-state index in [4.69, 9.17) is 5.73 Å². The van der Waals surface area contributed by atoms with Crippen LogP contribution in [-0.2, 0) is 23.9 Å². The molecule has 11 nitrogen and oxygen atoms in total. The number of rotatable bonds is 6. The number of benzene rings is 1. The molecule has 0 unspecified atom stereocenters. The Hall–Kier alpha value is -4.05. The van der Waals surface area contributed by atoms with E-state index in [0.717, 1.165) is 23.0 Å². The van der Waals surface area contributed by atoms with E-state index in [2.05, 4.69) is 36.4 Å². The van der Waals surface area contributed by atoms with E-state index in [1.54, 1.807) is 27.1 Å². The average Bonchev–Trinajstić information content (AvgIpc) is 3.52. The van der Waals surface area contributed by atoms with Gasteiger partial charge in [0.2, 0.25) is 5.91 Å². The fourth-order valence-electron chi connectivity index (χ4n) is 6.34. The summed E-state index contributed by atoms with van der Waals surface area (Å²) < 4.78 is 41.4. The van der Waals surface area contributed by atoms with Crippen molar-refractivity contribution < 1.29 is 27.6 Å². The molecule has 3 aliphatic heterocycles. The molecule has 2 aromatic heterocycles. The SMILES string of the molecule is Nc1c(Br)cc(C[C@@H](NC(=O)N2CCC(N3Cc4cscc4NC3=O)CC2)C(=O)N2CCN(c3ccncc3)CC2)cc1C(F)(F)F. The lowest BCUT2D eigenvalue weighted by Crippen LogP contribution is -2.58. The number of likely N-dealkylation sites (tertiary alicyclic amines) is 1. The zero-order valence-electron chi connectivity index (χ0n) is 25.3. The van der Waals surface area contributed by atoms with Crippen LogP contribution in [-0.4, -0.2) is 89.0 Å². The van der Waals surface area contributed by atoms with Crippen LogP contribution in [0.25, 0.3) is 0 Å². The number of urea groups is 2. The molecular formula is C31H34BrF3N8O3S. The van der Waals surface area contributed by atoms with Gasteiger partial charge in [0.1, 0.15) is 6.04 Å². The van der Waals surface area contributed by atoms with Crippen LogP contribution in [0, 0.1) is 0 Å². The van der Waals surface area contributed by atoms with Crippen molar-refractivity contribution in [2.45, 2.75) is 44.1 Å². The Kier molecular flexibility index (Phi) is 9.50. The normalized spacial score (nSPS) is 18.1. The molecule has 0 spiro atoms. The van der Waals surface area contributed by atoms with Crippen molar-refractivity contribution in [1.82, 2.24) is 25.0 Å². The van der Waals surface area contributed by atoms with Gasteiger partial charge in [-0.05, 0) is 64.0 Å². The van der Waals surface area contributed by atoms with Gasteiger partial charge in [-0.1, -0.05) is 0 Å². The largest absolute Gasteiger partial charge is 0.418 e. The maximum absolute atomic E-state index is 13.9. The van der Waals surface area contributed by atoms with Crippen LogP contribution < -0.4 is 21.3 Å². The predicted octanol–water partition coefficient (Wildman–Crippen LogP) is 4.99. The van der Waals surface area contributed by atoms with Crippen molar-refractivity contribution in [2.75, 3.05) is 55.2 Å². The first-order chi connectivity index (χ1) is 22.5. The Bertz CT molecular complexity index is 1630. The smallest absolute Gasteiger partial charge is 0.397 e. The molecule has 0 bridgehead atoms. The fourth-order valence-corrected chi connectivity index (χ4v) is 7.62. The molecule has 0 aliphatic carbocycles. The van der Waals surface area contributed by atoms with Gasteiger partial charge in [-0.25, -0.2) is 9.59 Å². The van der Waals surface area contributed by atoms with Crippen LogP contribution in [0.4, 0.5) is 39.8 Å². The number of alkyl halides is 3. The van der Waals surface area contributed by atoms with Gasteiger partial charge in [0.05, 0.1) is 23.5 Å². The van der Waals surface area contributed by atoms with E-state index in [0.29, 0.717) is 58.7 Å². The van der Waals surface area contributed by atoms with Gasteiger partial charge in [-0.2, -0.15) is 13.2 Å². The number of amides is 5. The number of piperidine rings is 1. The first-order valence-electron chi connectivity index (χ1n) is 15.2. The number of anilines is 3. The van der Waals surface area contributed by atoms with Crippen LogP contribution in [0.1, 0.15) is 29.5 Å². The van der Waals surface area contributed by atoms with E-state index in [1.807, 2.05) is 22.9 Å². The number of pyridine rings is 1. The topological polar surface area (TPSA) is 127 Å². The molecule has 47 heavy (non-hydrogen) atoms. The van der Waals surface area contributed by atoms with Gasteiger partial charge in [-0.15, -0.1) is 11.3 Å². The quantitative estimate of drug-likeness (QED) is 0.307. The highest BCUT2D eigenvalue weighted by atomic mass is 79.9. The lowest BCUT2D eigenvalue weighted by molar-refractivity contribution is -0.137. The monoisotopic (exact) mass is 734 g/mol. The Labute approximate surface area is 282 Å². The second kappa shape index (κ2) is 13.6. The lowest BCUT2D eigenvalue weighted by atomic mass is 10.00. The van der Waals surface area contributed by atoms with Crippen molar-refractivity contribution >= 4 is 62.3 Å². The highest BCUT2D eigenvalue weighted by molar-refractivity contribution is 9.10. The molecule has 2 saturated heterocycles. The molecule has 0 radical (unpaired) electrons. The summed E-state index contributed by atoms with van der Waals surface area (Å²) in [7, 11) is 0. The molecule has 2 fully saturated rings. The molecule has 4 N–H and O–H groups in total. The van der Waals surface area contributed by atoms with Crippen molar-refractivity contribution in [3.63, 3.8) is 0 Å². The molecule has 1 aromatic carbocycles. The van der Waals surface area contributed by atoms with Crippen LogP contribution in [0.3, 0.4) is 0 Å². The zero-order chi connectivity index (χ0) is 33.3. The third kappa shape index (κ3) is 7.27. The molecule has 250 valence electrons. The number of hydrogen-bond acceptors (Lipinski definition) is 7. The lowest BCUT2D eigenvalue weighted by Gasteiger charge is -2.40. The van der Waals surface area contributed by atoms with E-state index in [1.165, 1.54) is 17.4 Å². The van der Waals surface area contributed by atoms with Crippen LogP contribution in [0.5, 0.6) is 0 Å².